The summed E-state index contributed by atoms with van der Waals surface area (Å²) in [6.07, 6.45) is 1.38. The Bertz CT molecular complexity index is 1030. The van der Waals surface area contributed by atoms with Gasteiger partial charge in [0.25, 0.3) is 0 Å². The molecule has 3 rings (SSSR count). The van der Waals surface area contributed by atoms with E-state index in [0.717, 1.165) is 0 Å². The molecule has 0 aliphatic carbocycles. The van der Waals surface area contributed by atoms with Gasteiger partial charge in [-0.15, -0.1) is 0 Å². The summed E-state index contributed by atoms with van der Waals surface area (Å²) in [4.78, 5) is 17.3. The van der Waals surface area contributed by atoms with Crippen LogP contribution in [0.5, 0.6) is 17.2 Å². The number of Topliss-reactive ketones (excluding diaryl/α,β-unsaturated/α-hetero) is 1. The Morgan fingerprint density at radius 2 is 1.74 bits per heavy atom. The van der Waals surface area contributed by atoms with E-state index in [2.05, 4.69) is 9.72 Å². The number of carbonyl (C=O) groups is 1. The van der Waals surface area contributed by atoms with Crippen LogP contribution in [0.1, 0.15) is 42.7 Å². The Labute approximate surface area is 178 Å². The summed E-state index contributed by atoms with van der Waals surface area (Å²) >= 11 is 0. The van der Waals surface area contributed by atoms with Crippen molar-refractivity contribution in [1.82, 2.24) is 4.98 Å². The molecule has 31 heavy (non-hydrogen) atoms. The van der Waals surface area contributed by atoms with E-state index >= 15 is 0 Å². The number of hydrogen-bond acceptors (Lipinski definition) is 6. The molecule has 0 saturated heterocycles. The predicted octanol–water partition coefficient (Wildman–Crippen LogP) is 5.73. The molecule has 1 unspecified atom stereocenters. The first-order chi connectivity index (χ1) is 14.9. The molecule has 6 nitrogen and oxygen atoms in total. The monoisotopic (exact) mass is 431 g/mol. The van der Waals surface area contributed by atoms with E-state index in [1.54, 1.807) is 31.2 Å². The fourth-order valence-corrected chi connectivity index (χ4v) is 3.04. The third kappa shape index (κ3) is 5.20. The SMILES string of the molecule is CCOc1ccc(-c2nc(C(C)C(=O)c3ccccc3OC(F)F)co2)cc1OCC. The summed E-state index contributed by atoms with van der Waals surface area (Å²) in [7, 11) is 0. The Kier molecular flexibility index (Phi) is 7.23. The summed E-state index contributed by atoms with van der Waals surface area (Å²) in [6.45, 7) is 3.32. The second-order valence-corrected chi connectivity index (χ2v) is 6.57. The van der Waals surface area contributed by atoms with Gasteiger partial charge in [-0.05, 0) is 51.1 Å². The van der Waals surface area contributed by atoms with E-state index < -0.39 is 18.3 Å². The van der Waals surface area contributed by atoms with Crippen LogP contribution in [-0.2, 0) is 0 Å². The molecule has 0 amide bonds. The zero-order chi connectivity index (χ0) is 22.4. The maximum atomic E-state index is 12.9. The Balaban J connectivity index is 1.85. The summed E-state index contributed by atoms with van der Waals surface area (Å²) in [5.74, 6) is 0.163. The highest BCUT2D eigenvalue weighted by Crippen LogP contribution is 2.34. The third-order valence-corrected chi connectivity index (χ3v) is 4.52. The molecule has 3 aromatic rings. The number of benzene rings is 2. The van der Waals surface area contributed by atoms with Gasteiger partial charge in [0.2, 0.25) is 5.89 Å². The summed E-state index contributed by atoms with van der Waals surface area (Å²) in [6, 6.07) is 11.2. The number of rotatable bonds is 10. The van der Waals surface area contributed by atoms with Gasteiger partial charge in [0.1, 0.15) is 12.0 Å². The van der Waals surface area contributed by atoms with Gasteiger partial charge in [0, 0.05) is 5.56 Å². The van der Waals surface area contributed by atoms with Crippen LogP contribution in [0.25, 0.3) is 11.5 Å². The molecule has 8 heteroatoms. The van der Waals surface area contributed by atoms with Crippen molar-refractivity contribution < 1.29 is 32.2 Å². The molecule has 164 valence electrons. The van der Waals surface area contributed by atoms with E-state index in [9.17, 15) is 13.6 Å². The van der Waals surface area contributed by atoms with E-state index in [1.807, 2.05) is 13.8 Å². The first kappa shape index (κ1) is 22.3. The molecule has 1 heterocycles. The number of para-hydroxylation sites is 1. The highest BCUT2D eigenvalue weighted by Gasteiger charge is 2.25. The van der Waals surface area contributed by atoms with Crippen LogP contribution in [0.3, 0.4) is 0 Å². The number of carbonyl (C=O) groups excluding carboxylic acids is 1. The number of oxazole rings is 1. The quantitative estimate of drug-likeness (QED) is 0.382. The second-order valence-electron chi connectivity index (χ2n) is 6.57. The van der Waals surface area contributed by atoms with Gasteiger partial charge in [-0.1, -0.05) is 12.1 Å². The zero-order valence-electron chi connectivity index (χ0n) is 17.4. The van der Waals surface area contributed by atoms with Gasteiger partial charge in [-0.2, -0.15) is 8.78 Å². The Morgan fingerprint density at radius 1 is 1.03 bits per heavy atom. The molecule has 2 aromatic carbocycles. The molecule has 0 N–H and O–H groups in total. The van der Waals surface area contributed by atoms with Gasteiger partial charge >= 0.3 is 6.61 Å². The van der Waals surface area contributed by atoms with E-state index in [1.165, 1.54) is 24.5 Å². The number of hydrogen-bond donors (Lipinski definition) is 0. The summed E-state index contributed by atoms with van der Waals surface area (Å²) < 4.78 is 46.6. The first-order valence-electron chi connectivity index (χ1n) is 9.88. The molecule has 0 radical (unpaired) electrons. The fraction of sp³-hybridized carbons (Fsp3) is 0.304. The Morgan fingerprint density at radius 3 is 2.45 bits per heavy atom. The lowest BCUT2D eigenvalue weighted by Crippen LogP contribution is -2.13. The highest BCUT2D eigenvalue weighted by molar-refractivity contribution is 6.02. The van der Waals surface area contributed by atoms with Crippen molar-refractivity contribution in [2.75, 3.05) is 13.2 Å². The molecular weight excluding hydrogens is 408 g/mol. The average Bonchev–Trinajstić information content (AvgIpc) is 3.24. The zero-order valence-corrected chi connectivity index (χ0v) is 17.4. The largest absolute Gasteiger partial charge is 0.490 e. The van der Waals surface area contributed by atoms with Gasteiger partial charge in [0.15, 0.2) is 17.3 Å². The molecule has 1 aromatic heterocycles. The number of halogens is 2. The normalized spacial score (nSPS) is 11.9. The van der Waals surface area contributed by atoms with Gasteiger partial charge in [-0.3, -0.25) is 4.79 Å². The summed E-state index contributed by atoms with van der Waals surface area (Å²) in [5, 5.41) is 0. The van der Waals surface area contributed by atoms with Crippen LogP contribution < -0.4 is 14.2 Å². The minimum atomic E-state index is -3.03. The maximum Gasteiger partial charge on any atom is 0.387 e. The molecule has 0 aliphatic heterocycles. The predicted molar refractivity (Wildman–Crippen MR) is 110 cm³/mol. The number of ketones is 1. The molecule has 0 fully saturated rings. The van der Waals surface area contributed by atoms with Crippen molar-refractivity contribution >= 4 is 5.78 Å². The van der Waals surface area contributed by atoms with Crippen LogP contribution in [0.4, 0.5) is 8.78 Å². The lowest BCUT2D eigenvalue weighted by atomic mass is 9.96. The van der Waals surface area contributed by atoms with Gasteiger partial charge in [0.05, 0.1) is 30.4 Å². The van der Waals surface area contributed by atoms with Crippen molar-refractivity contribution in [2.45, 2.75) is 33.3 Å². The van der Waals surface area contributed by atoms with Crippen molar-refractivity contribution in [1.29, 1.82) is 0 Å². The van der Waals surface area contributed by atoms with Crippen LogP contribution in [0, 0.1) is 0 Å². The lowest BCUT2D eigenvalue weighted by molar-refractivity contribution is -0.0501. The minimum absolute atomic E-state index is 0.0551. The molecule has 0 saturated carbocycles. The van der Waals surface area contributed by atoms with Crippen LogP contribution >= 0.6 is 0 Å². The molecule has 1 atom stereocenters. The van der Waals surface area contributed by atoms with Crippen molar-refractivity contribution in [3.05, 3.63) is 60.0 Å². The standard InChI is InChI=1S/C23H23F2NO5/c1-4-28-19-11-10-15(12-20(19)29-5-2)22-26-17(13-30-22)14(3)21(27)16-8-6-7-9-18(16)31-23(24)25/h6-14,23H,4-5H2,1-3H3. The molecule has 0 bridgehead atoms. The van der Waals surface area contributed by atoms with Crippen LogP contribution in [0.2, 0.25) is 0 Å². The number of aromatic nitrogens is 1. The maximum absolute atomic E-state index is 12.9. The first-order valence-corrected chi connectivity index (χ1v) is 9.88. The van der Waals surface area contributed by atoms with Crippen molar-refractivity contribution in [3.8, 4) is 28.7 Å². The van der Waals surface area contributed by atoms with E-state index in [0.29, 0.717) is 41.9 Å². The van der Waals surface area contributed by atoms with E-state index in [4.69, 9.17) is 13.9 Å². The van der Waals surface area contributed by atoms with Crippen molar-refractivity contribution in [2.24, 2.45) is 0 Å². The number of nitrogens with zero attached hydrogens (tertiary/aromatic N) is 1. The molecular formula is C23H23F2NO5. The summed E-state index contributed by atoms with van der Waals surface area (Å²) in [5.41, 5.74) is 1.08. The van der Waals surface area contributed by atoms with Crippen LogP contribution in [-0.4, -0.2) is 30.6 Å². The Hall–Kier alpha value is -3.42. The molecule has 0 aliphatic rings. The van der Waals surface area contributed by atoms with E-state index in [-0.39, 0.29) is 11.3 Å². The third-order valence-electron chi connectivity index (χ3n) is 4.52. The van der Waals surface area contributed by atoms with Crippen LogP contribution in [0.15, 0.2) is 53.1 Å². The minimum Gasteiger partial charge on any atom is -0.490 e. The number of ether oxygens (including phenoxy) is 3. The highest BCUT2D eigenvalue weighted by atomic mass is 19.3. The topological polar surface area (TPSA) is 70.8 Å². The smallest absolute Gasteiger partial charge is 0.387 e. The molecule has 0 spiro atoms. The van der Waals surface area contributed by atoms with Gasteiger partial charge < -0.3 is 18.6 Å². The lowest BCUT2D eigenvalue weighted by Gasteiger charge is -2.12. The van der Waals surface area contributed by atoms with Gasteiger partial charge in [-0.25, -0.2) is 4.98 Å². The van der Waals surface area contributed by atoms with Crippen molar-refractivity contribution in [3.63, 3.8) is 0 Å². The second kappa shape index (κ2) is 10.1. The number of alkyl halides is 2. The average molecular weight is 431 g/mol. The fourth-order valence-electron chi connectivity index (χ4n) is 3.04.